The monoisotopic (exact) mass is 423 g/mol. The van der Waals surface area contributed by atoms with Crippen LogP contribution in [0.4, 0.5) is 10.1 Å². The average molecular weight is 424 g/mol. The lowest BCUT2D eigenvalue weighted by Gasteiger charge is -2.23. The van der Waals surface area contributed by atoms with E-state index in [4.69, 9.17) is 9.47 Å². The van der Waals surface area contributed by atoms with Crippen LogP contribution < -0.4 is 14.4 Å². The van der Waals surface area contributed by atoms with Gasteiger partial charge < -0.3 is 14.4 Å². The normalized spacial score (nSPS) is 16.0. The molecule has 4 nitrogen and oxygen atoms in total. The van der Waals surface area contributed by atoms with Gasteiger partial charge in [0.15, 0.2) is 11.5 Å². The number of carbonyl (C=O) groups excluding carboxylic acids is 1. The molecule has 1 amide bonds. The number of fused-ring (bicyclic) bond motifs is 1. The zero-order valence-electron chi connectivity index (χ0n) is 16.8. The third kappa shape index (κ3) is 4.00. The summed E-state index contributed by atoms with van der Waals surface area (Å²) in [5.41, 5.74) is 2.28. The maximum atomic E-state index is 14.3. The van der Waals surface area contributed by atoms with E-state index in [0.29, 0.717) is 23.5 Å². The number of halogens is 1. The van der Waals surface area contributed by atoms with E-state index in [1.807, 2.05) is 42.5 Å². The van der Waals surface area contributed by atoms with E-state index in [9.17, 15) is 9.18 Å². The fourth-order valence-electron chi connectivity index (χ4n) is 3.59. The Morgan fingerprint density at radius 3 is 2.50 bits per heavy atom. The predicted octanol–water partition coefficient (Wildman–Crippen LogP) is 5.61. The fourth-order valence-corrected chi connectivity index (χ4v) is 4.86. The molecule has 3 aromatic rings. The maximum Gasteiger partial charge on any atom is 0.228 e. The van der Waals surface area contributed by atoms with Crippen molar-refractivity contribution >= 4 is 23.4 Å². The van der Waals surface area contributed by atoms with Crippen molar-refractivity contribution in [1.82, 2.24) is 0 Å². The minimum atomic E-state index is -0.309. The van der Waals surface area contributed by atoms with Gasteiger partial charge in [-0.25, -0.2) is 4.39 Å². The molecule has 154 valence electrons. The first-order chi connectivity index (χ1) is 14.6. The lowest BCUT2D eigenvalue weighted by atomic mass is 10.1. The van der Waals surface area contributed by atoms with Crippen LogP contribution in [0.15, 0.2) is 71.6 Å². The fraction of sp³-hybridized carbons (Fsp3) is 0.208. The molecule has 0 radical (unpaired) electrons. The third-order valence-electron chi connectivity index (χ3n) is 5.15. The quantitative estimate of drug-likeness (QED) is 0.534. The highest BCUT2D eigenvalue weighted by Gasteiger charge is 2.30. The molecule has 1 aliphatic heterocycles. The molecule has 0 fully saturated rings. The Morgan fingerprint density at radius 2 is 1.73 bits per heavy atom. The number of ether oxygens (including phenoxy) is 2. The minimum Gasteiger partial charge on any atom is -0.493 e. The Kier molecular flexibility index (Phi) is 5.95. The highest BCUT2D eigenvalue weighted by Crippen LogP contribution is 2.47. The van der Waals surface area contributed by atoms with Gasteiger partial charge in [-0.3, -0.25) is 4.79 Å². The number of nitrogens with zero attached hydrogens (tertiary/aromatic N) is 1. The Labute approximate surface area is 179 Å². The second-order valence-corrected chi connectivity index (χ2v) is 8.21. The second kappa shape index (κ2) is 8.79. The molecule has 0 spiro atoms. The number of anilines is 1. The first-order valence-corrected chi connectivity index (χ1v) is 10.5. The molecule has 0 saturated carbocycles. The van der Waals surface area contributed by atoms with Crippen LogP contribution in [0.3, 0.4) is 0 Å². The van der Waals surface area contributed by atoms with E-state index < -0.39 is 0 Å². The number of benzene rings is 3. The van der Waals surface area contributed by atoms with E-state index in [-0.39, 0.29) is 23.5 Å². The Bertz CT molecular complexity index is 1070. The summed E-state index contributed by atoms with van der Waals surface area (Å²) < 4.78 is 25.0. The molecule has 0 bridgehead atoms. The third-order valence-corrected chi connectivity index (χ3v) is 6.47. The van der Waals surface area contributed by atoms with Crippen molar-refractivity contribution in [3.8, 4) is 11.5 Å². The molecule has 0 N–H and O–H groups in total. The minimum absolute atomic E-state index is 0.0458. The molecule has 6 heteroatoms. The van der Waals surface area contributed by atoms with Crippen LogP contribution in [-0.2, 0) is 11.3 Å². The first kappa shape index (κ1) is 20.3. The molecule has 1 atom stereocenters. The molecule has 0 saturated heterocycles. The summed E-state index contributed by atoms with van der Waals surface area (Å²) in [6.07, 6.45) is 0.295. The molecule has 0 aromatic heterocycles. The highest BCUT2D eigenvalue weighted by molar-refractivity contribution is 7.99. The molecule has 0 aliphatic carbocycles. The van der Waals surface area contributed by atoms with Gasteiger partial charge in [0.25, 0.3) is 0 Å². The number of hydrogen-bond acceptors (Lipinski definition) is 4. The van der Waals surface area contributed by atoms with Gasteiger partial charge in [-0.15, -0.1) is 11.8 Å². The number of methoxy groups -OCH3 is 2. The van der Waals surface area contributed by atoms with E-state index in [1.54, 1.807) is 49.1 Å². The van der Waals surface area contributed by atoms with Gasteiger partial charge in [-0.05, 0) is 35.9 Å². The number of amides is 1. The first-order valence-electron chi connectivity index (χ1n) is 9.62. The van der Waals surface area contributed by atoms with Gasteiger partial charge in [0, 0.05) is 22.1 Å². The molecule has 30 heavy (non-hydrogen) atoms. The van der Waals surface area contributed by atoms with Crippen LogP contribution in [0, 0.1) is 5.82 Å². The molecule has 1 heterocycles. The van der Waals surface area contributed by atoms with Gasteiger partial charge in [0.05, 0.1) is 26.5 Å². The zero-order valence-corrected chi connectivity index (χ0v) is 17.6. The van der Waals surface area contributed by atoms with E-state index in [0.717, 1.165) is 16.1 Å². The molecule has 3 aromatic carbocycles. The maximum absolute atomic E-state index is 14.3. The Balaban J connectivity index is 1.70. The van der Waals surface area contributed by atoms with Crippen molar-refractivity contribution in [2.45, 2.75) is 23.1 Å². The van der Waals surface area contributed by atoms with Crippen LogP contribution in [0.25, 0.3) is 0 Å². The van der Waals surface area contributed by atoms with Crippen LogP contribution in [0.5, 0.6) is 11.5 Å². The van der Waals surface area contributed by atoms with Crippen LogP contribution in [-0.4, -0.2) is 20.1 Å². The van der Waals surface area contributed by atoms with Crippen LogP contribution in [0.1, 0.15) is 22.8 Å². The highest BCUT2D eigenvalue weighted by atomic mass is 32.2. The van der Waals surface area contributed by atoms with Crippen molar-refractivity contribution < 1.29 is 18.7 Å². The summed E-state index contributed by atoms with van der Waals surface area (Å²) in [6, 6.07) is 20.1. The van der Waals surface area contributed by atoms with Gasteiger partial charge in [-0.1, -0.05) is 36.4 Å². The zero-order chi connectivity index (χ0) is 21.1. The predicted molar refractivity (Wildman–Crippen MR) is 117 cm³/mol. The summed E-state index contributed by atoms with van der Waals surface area (Å²) in [6.45, 7) is 0.196. The Hall–Kier alpha value is -2.99. The van der Waals surface area contributed by atoms with E-state index in [2.05, 4.69) is 0 Å². The lowest BCUT2D eigenvalue weighted by Crippen LogP contribution is -2.30. The molecular weight excluding hydrogens is 401 g/mol. The van der Waals surface area contributed by atoms with Gasteiger partial charge >= 0.3 is 0 Å². The van der Waals surface area contributed by atoms with E-state index >= 15 is 0 Å². The second-order valence-electron chi connectivity index (χ2n) is 6.96. The number of thioether (sulfide) groups is 1. The molecule has 4 rings (SSSR count). The molecule has 1 aliphatic rings. The SMILES string of the molecule is COc1ccc([C@H]2CC(=O)N(Cc3ccccc3F)c3ccccc3S2)cc1OC. The van der Waals surface area contributed by atoms with Crippen molar-refractivity contribution in [2.24, 2.45) is 0 Å². The van der Waals surface area contributed by atoms with Crippen molar-refractivity contribution in [1.29, 1.82) is 0 Å². The topological polar surface area (TPSA) is 38.8 Å². The number of carbonyl (C=O) groups is 1. The molecular formula is C24H22FNO3S. The smallest absolute Gasteiger partial charge is 0.228 e. The van der Waals surface area contributed by atoms with Crippen molar-refractivity contribution in [3.05, 3.63) is 83.7 Å². The average Bonchev–Trinajstić information content (AvgIpc) is 2.91. The number of hydrogen-bond donors (Lipinski definition) is 0. The van der Waals surface area contributed by atoms with Gasteiger partial charge in [0.1, 0.15) is 5.82 Å². The van der Waals surface area contributed by atoms with Crippen LogP contribution in [0.2, 0.25) is 0 Å². The lowest BCUT2D eigenvalue weighted by molar-refractivity contribution is -0.118. The summed E-state index contributed by atoms with van der Waals surface area (Å²) in [7, 11) is 3.19. The Morgan fingerprint density at radius 1 is 1.00 bits per heavy atom. The van der Waals surface area contributed by atoms with Crippen LogP contribution >= 0.6 is 11.8 Å². The summed E-state index contributed by atoms with van der Waals surface area (Å²) in [5, 5.41) is -0.0934. The number of rotatable bonds is 5. The largest absolute Gasteiger partial charge is 0.493 e. The van der Waals surface area contributed by atoms with Gasteiger partial charge in [-0.2, -0.15) is 0 Å². The summed E-state index contributed by atoms with van der Waals surface area (Å²) >= 11 is 1.63. The summed E-state index contributed by atoms with van der Waals surface area (Å²) in [4.78, 5) is 16.0. The standard InChI is InChI=1S/C24H22FNO3S/c1-28-20-12-11-16(13-21(20)29-2)23-14-24(27)26(15-17-7-3-4-8-18(17)25)19-9-5-6-10-22(19)30-23/h3-13,23H,14-15H2,1-2H3/t23-/m1/s1. The van der Waals surface area contributed by atoms with Crippen molar-refractivity contribution in [2.75, 3.05) is 19.1 Å². The number of para-hydroxylation sites is 1. The summed E-state index contributed by atoms with van der Waals surface area (Å²) in [5.74, 6) is 0.920. The van der Waals surface area contributed by atoms with E-state index in [1.165, 1.54) is 6.07 Å². The van der Waals surface area contributed by atoms with Gasteiger partial charge in [0.2, 0.25) is 5.91 Å². The van der Waals surface area contributed by atoms with Crippen molar-refractivity contribution in [3.63, 3.8) is 0 Å². The molecule has 0 unspecified atom stereocenters.